The van der Waals surface area contributed by atoms with Gasteiger partial charge in [0.05, 0.1) is 5.70 Å². The maximum absolute atomic E-state index is 5.99. The van der Waals surface area contributed by atoms with Crippen LogP contribution in [0, 0.1) is 12.8 Å². The number of piperidine rings is 1. The maximum Gasteiger partial charge on any atom is 0.278 e. The first-order valence-electron chi connectivity index (χ1n) is 10.6. The number of rotatable bonds is 4. The second-order valence-electron chi connectivity index (χ2n) is 8.39. The molecular weight excluding hydrogens is 370 g/mol. The molecule has 0 amide bonds. The largest absolute Gasteiger partial charge is 0.376 e. The summed E-state index contributed by atoms with van der Waals surface area (Å²) in [6.45, 7) is 4.63. The van der Waals surface area contributed by atoms with Crippen molar-refractivity contribution in [1.29, 1.82) is 0 Å². The molecule has 0 radical (unpaired) electrons. The number of hydroxylamine groups is 3. The maximum atomic E-state index is 5.99. The number of aryl methyl sites for hydroxylation is 1. The molecule has 1 saturated heterocycles. The number of nitrogens with one attached hydrogen (secondary N) is 2. The first-order valence-corrected chi connectivity index (χ1v) is 11.0. The highest BCUT2D eigenvalue weighted by atomic mass is 32.1. The van der Waals surface area contributed by atoms with Gasteiger partial charge in [-0.25, -0.2) is 0 Å². The zero-order valence-electron chi connectivity index (χ0n) is 16.7. The van der Waals surface area contributed by atoms with E-state index in [-0.39, 0.29) is 5.60 Å². The molecule has 0 aromatic heterocycles. The van der Waals surface area contributed by atoms with Crippen LogP contribution in [0.3, 0.4) is 0 Å². The van der Waals surface area contributed by atoms with Gasteiger partial charge in [-0.05, 0) is 62.4 Å². The van der Waals surface area contributed by atoms with Crippen molar-refractivity contribution in [2.45, 2.75) is 57.5 Å². The van der Waals surface area contributed by atoms with Crippen LogP contribution in [0.25, 0.3) is 5.70 Å². The van der Waals surface area contributed by atoms with Gasteiger partial charge in [0.25, 0.3) is 5.17 Å². The molecule has 5 nitrogen and oxygen atoms in total. The van der Waals surface area contributed by atoms with E-state index >= 15 is 0 Å². The molecule has 0 bridgehead atoms. The van der Waals surface area contributed by atoms with Crippen molar-refractivity contribution in [1.82, 2.24) is 15.9 Å². The standard InChI is InChI=1S/C22H31N3O2S/c1-17-7-9-19(10-8-17)20-15-22(27-24-20)11-13-25(14-12-22)26-21(28)23-16-18-5-3-2-4-6-18/h7-10,15,18,24H,2-6,11-14,16H2,1H3,(H,23,28). The van der Waals surface area contributed by atoms with E-state index in [1.807, 2.05) is 5.06 Å². The van der Waals surface area contributed by atoms with Crippen molar-refractivity contribution in [3.63, 3.8) is 0 Å². The van der Waals surface area contributed by atoms with Crippen molar-refractivity contribution < 1.29 is 9.68 Å². The molecule has 4 rings (SSSR count). The zero-order chi connectivity index (χ0) is 19.4. The van der Waals surface area contributed by atoms with E-state index in [4.69, 9.17) is 21.9 Å². The van der Waals surface area contributed by atoms with Crippen LogP contribution < -0.4 is 10.8 Å². The van der Waals surface area contributed by atoms with Crippen LogP contribution in [0.1, 0.15) is 56.1 Å². The molecule has 1 aromatic rings. The van der Waals surface area contributed by atoms with E-state index < -0.39 is 0 Å². The van der Waals surface area contributed by atoms with Crippen molar-refractivity contribution in [2.24, 2.45) is 5.92 Å². The van der Waals surface area contributed by atoms with Gasteiger partial charge >= 0.3 is 0 Å². The van der Waals surface area contributed by atoms with Gasteiger partial charge < -0.3 is 10.2 Å². The molecule has 6 heteroatoms. The second kappa shape index (κ2) is 8.80. The first kappa shape index (κ1) is 19.7. The summed E-state index contributed by atoms with van der Waals surface area (Å²) in [5.74, 6) is 0.739. The van der Waals surface area contributed by atoms with Crippen LogP contribution in [-0.4, -0.2) is 35.5 Å². The van der Waals surface area contributed by atoms with Gasteiger partial charge in [0.15, 0.2) is 0 Å². The summed E-state index contributed by atoms with van der Waals surface area (Å²) in [5.41, 5.74) is 6.35. The van der Waals surface area contributed by atoms with Crippen LogP contribution >= 0.6 is 12.2 Å². The number of benzene rings is 1. The van der Waals surface area contributed by atoms with Crippen molar-refractivity contribution in [3.05, 3.63) is 41.5 Å². The minimum absolute atomic E-state index is 0.253. The molecule has 28 heavy (non-hydrogen) atoms. The van der Waals surface area contributed by atoms with Gasteiger partial charge in [-0.15, -0.1) is 5.06 Å². The average Bonchev–Trinajstić information content (AvgIpc) is 3.13. The van der Waals surface area contributed by atoms with E-state index in [1.54, 1.807) is 0 Å². The average molecular weight is 402 g/mol. The Bertz CT molecular complexity index is 705. The number of thiocarbonyl (C=S) groups is 1. The Morgan fingerprint density at radius 1 is 1.21 bits per heavy atom. The smallest absolute Gasteiger partial charge is 0.278 e. The number of nitrogens with zero attached hydrogens (tertiary/aromatic N) is 1. The van der Waals surface area contributed by atoms with Crippen molar-refractivity contribution in [3.8, 4) is 0 Å². The summed E-state index contributed by atoms with van der Waals surface area (Å²) in [4.78, 5) is 11.9. The molecule has 1 spiro atoms. The fourth-order valence-electron chi connectivity index (χ4n) is 4.32. The lowest BCUT2D eigenvalue weighted by Gasteiger charge is -2.35. The van der Waals surface area contributed by atoms with Crippen molar-refractivity contribution in [2.75, 3.05) is 19.6 Å². The van der Waals surface area contributed by atoms with Crippen LogP contribution in [0.2, 0.25) is 0 Å². The summed E-state index contributed by atoms with van der Waals surface area (Å²) in [7, 11) is 0. The molecule has 1 aromatic carbocycles. The summed E-state index contributed by atoms with van der Waals surface area (Å²) in [6, 6.07) is 8.51. The highest BCUT2D eigenvalue weighted by molar-refractivity contribution is 7.80. The van der Waals surface area contributed by atoms with Gasteiger partial charge in [0.1, 0.15) is 5.60 Å². The third-order valence-electron chi connectivity index (χ3n) is 6.17. The SMILES string of the molecule is Cc1ccc(C2=CC3(CCN(OC(=S)NCC4CCCCC4)CC3)ON2)cc1. The second-order valence-corrected chi connectivity index (χ2v) is 8.76. The molecule has 1 aliphatic carbocycles. The fraction of sp³-hybridized carbons (Fsp3) is 0.591. The topological polar surface area (TPSA) is 45.8 Å². The minimum atomic E-state index is -0.253. The summed E-state index contributed by atoms with van der Waals surface area (Å²) >= 11 is 5.39. The van der Waals surface area contributed by atoms with Crippen LogP contribution in [0.4, 0.5) is 0 Å². The summed E-state index contributed by atoms with van der Waals surface area (Å²) in [5, 5.41) is 5.77. The zero-order valence-corrected chi connectivity index (χ0v) is 17.5. The molecule has 2 heterocycles. The molecule has 0 atom stereocenters. The molecule has 1 saturated carbocycles. The van der Waals surface area contributed by atoms with E-state index in [0.29, 0.717) is 5.17 Å². The Balaban J connectivity index is 1.24. The summed E-state index contributed by atoms with van der Waals surface area (Å²) < 4.78 is 0. The fourth-order valence-corrected chi connectivity index (χ4v) is 4.51. The quantitative estimate of drug-likeness (QED) is 0.741. The van der Waals surface area contributed by atoms with Gasteiger partial charge in [-0.3, -0.25) is 10.3 Å². The first-order chi connectivity index (χ1) is 13.6. The highest BCUT2D eigenvalue weighted by Crippen LogP contribution is 2.34. The van der Waals surface area contributed by atoms with Gasteiger partial charge in [-0.1, -0.05) is 49.1 Å². The summed E-state index contributed by atoms with van der Waals surface area (Å²) in [6.07, 6.45) is 10.7. The van der Waals surface area contributed by atoms with Crippen LogP contribution in [0.5, 0.6) is 0 Å². The normalized spacial score (nSPS) is 22.5. The van der Waals surface area contributed by atoms with Crippen LogP contribution in [-0.2, 0) is 9.68 Å². The predicted octanol–water partition coefficient (Wildman–Crippen LogP) is 4.09. The van der Waals surface area contributed by atoms with Gasteiger partial charge in [-0.2, -0.15) is 0 Å². The van der Waals surface area contributed by atoms with Crippen LogP contribution in [0.15, 0.2) is 30.3 Å². The Morgan fingerprint density at radius 3 is 2.64 bits per heavy atom. The lowest BCUT2D eigenvalue weighted by molar-refractivity contribution is -0.144. The Kier molecular flexibility index (Phi) is 6.19. The van der Waals surface area contributed by atoms with E-state index in [1.165, 1.54) is 37.7 Å². The van der Waals surface area contributed by atoms with E-state index in [0.717, 1.165) is 49.7 Å². The Labute approximate surface area is 173 Å². The lowest BCUT2D eigenvalue weighted by atomic mass is 9.89. The Hall–Kier alpha value is -1.63. The molecule has 3 aliphatic rings. The highest BCUT2D eigenvalue weighted by Gasteiger charge is 2.39. The minimum Gasteiger partial charge on any atom is -0.376 e. The molecule has 2 aliphatic heterocycles. The number of hydrogen-bond acceptors (Lipinski definition) is 5. The monoisotopic (exact) mass is 401 g/mol. The Morgan fingerprint density at radius 2 is 1.93 bits per heavy atom. The molecular formula is C22H31N3O2S. The van der Waals surface area contributed by atoms with Crippen molar-refractivity contribution >= 4 is 23.1 Å². The van der Waals surface area contributed by atoms with E-state index in [9.17, 15) is 0 Å². The van der Waals surface area contributed by atoms with Gasteiger partial charge in [0.2, 0.25) is 0 Å². The predicted molar refractivity (Wildman–Crippen MR) is 115 cm³/mol. The molecule has 152 valence electrons. The third kappa shape index (κ3) is 4.85. The lowest BCUT2D eigenvalue weighted by Crippen LogP contribution is -2.46. The number of hydrogen-bond donors (Lipinski definition) is 2. The van der Waals surface area contributed by atoms with Gasteiger partial charge in [0, 0.05) is 19.6 Å². The molecule has 2 fully saturated rings. The molecule has 2 N–H and O–H groups in total. The third-order valence-corrected chi connectivity index (χ3v) is 6.39. The molecule has 0 unspecified atom stereocenters. The van der Waals surface area contributed by atoms with E-state index in [2.05, 4.69) is 48.1 Å².